The molecule has 0 unspecified atom stereocenters. The molecule has 1 aromatic rings. The van der Waals surface area contributed by atoms with Gasteiger partial charge in [-0.2, -0.15) is 11.8 Å². The summed E-state index contributed by atoms with van der Waals surface area (Å²) in [7, 11) is 0. The van der Waals surface area contributed by atoms with E-state index in [2.05, 4.69) is 38.2 Å². The molecule has 0 amide bonds. The number of benzene rings is 1. The number of hydrogen-bond acceptors (Lipinski definition) is 3. The summed E-state index contributed by atoms with van der Waals surface area (Å²) >= 11 is 2.04. The SMILES string of the molecule is Cc1cc(C)c(OCCN[C@@H]2CCSC2)c(C)c1. The van der Waals surface area contributed by atoms with E-state index in [1.807, 2.05) is 11.8 Å². The van der Waals surface area contributed by atoms with Crippen LogP contribution in [0, 0.1) is 20.8 Å². The molecular formula is C15H23NOS. The molecule has 0 aromatic heterocycles. The van der Waals surface area contributed by atoms with Gasteiger partial charge in [0, 0.05) is 18.3 Å². The van der Waals surface area contributed by atoms with Crippen molar-refractivity contribution in [3.05, 3.63) is 28.8 Å². The summed E-state index contributed by atoms with van der Waals surface area (Å²) < 4.78 is 5.91. The largest absolute Gasteiger partial charge is 0.492 e. The Hall–Kier alpha value is -0.670. The quantitative estimate of drug-likeness (QED) is 0.827. The second-order valence-electron chi connectivity index (χ2n) is 5.09. The topological polar surface area (TPSA) is 21.3 Å². The molecule has 1 atom stereocenters. The van der Waals surface area contributed by atoms with Gasteiger partial charge in [-0.3, -0.25) is 0 Å². The summed E-state index contributed by atoms with van der Waals surface area (Å²) in [6, 6.07) is 5.06. The van der Waals surface area contributed by atoms with E-state index in [0.29, 0.717) is 6.04 Å². The summed E-state index contributed by atoms with van der Waals surface area (Å²) in [6.07, 6.45) is 1.30. The average Bonchev–Trinajstić information content (AvgIpc) is 2.79. The fourth-order valence-corrected chi connectivity index (χ4v) is 3.69. The van der Waals surface area contributed by atoms with Gasteiger partial charge in [0.15, 0.2) is 0 Å². The fourth-order valence-electron chi connectivity index (χ4n) is 2.51. The molecule has 1 saturated heterocycles. The third kappa shape index (κ3) is 3.66. The van der Waals surface area contributed by atoms with Crippen molar-refractivity contribution in [3.8, 4) is 5.75 Å². The molecule has 0 spiro atoms. The van der Waals surface area contributed by atoms with Crippen LogP contribution >= 0.6 is 11.8 Å². The second-order valence-corrected chi connectivity index (χ2v) is 6.24. The van der Waals surface area contributed by atoms with Crippen molar-refractivity contribution < 1.29 is 4.74 Å². The molecule has 0 aliphatic carbocycles. The van der Waals surface area contributed by atoms with E-state index < -0.39 is 0 Å². The van der Waals surface area contributed by atoms with Crippen molar-refractivity contribution in [2.45, 2.75) is 33.2 Å². The van der Waals surface area contributed by atoms with Crippen LogP contribution < -0.4 is 10.1 Å². The van der Waals surface area contributed by atoms with Crippen molar-refractivity contribution in [1.29, 1.82) is 0 Å². The lowest BCUT2D eigenvalue weighted by Crippen LogP contribution is -2.32. The van der Waals surface area contributed by atoms with Crippen molar-refractivity contribution in [2.75, 3.05) is 24.7 Å². The molecule has 0 bridgehead atoms. The second kappa shape index (κ2) is 6.48. The Bertz CT molecular complexity index is 376. The minimum atomic E-state index is 0.693. The lowest BCUT2D eigenvalue weighted by Gasteiger charge is -2.15. The van der Waals surface area contributed by atoms with Gasteiger partial charge in [0.25, 0.3) is 0 Å². The third-order valence-electron chi connectivity index (χ3n) is 3.32. The van der Waals surface area contributed by atoms with E-state index in [-0.39, 0.29) is 0 Å². The third-order valence-corrected chi connectivity index (χ3v) is 4.48. The molecule has 3 heteroatoms. The van der Waals surface area contributed by atoms with Crippen LogP contribution in [-0.2, 0) is 0 Å². The maximum absolute atomic E-state index is 5.91. The van der Waals surface area contributed by atoms with Crippen LogP contribution in [0.1, 0.15) is 23.1 Å². The van der Waals surface area contributed by atoms with Gasteiger partial charge in [-0.1, -0.05) is 17.7 Å². The molecule has 0 radical (unpaired) electrons. The number of hydrogen-bond donors (Lipinski definition) is 1. The van der Waals surface area contributed by atoms with Gasteiger partial charge in [0.2, 0.25) is 0 Å². The molecule has 1 heterocycles. The molecule has 0 saturated carbocycles. The van der Waals surface area contributed by atoms with Gasteiger partial charge in [-0.25, -0.2) is 0 Å². The molecular weight excluding hydrogens is 242 g/mol. The highest BCUT2D eigenvalue weighted by molar-refractivity contribution is 7.99. The average molecular weight is 265 g/mol. The molecule has 1 aromatic carbocycles. The number of ether oxygens (including phenoxy) is 1. The van der Waals surface area contributed by atoms with Crippen molar-refractivity contribution in [1.82, 2.24) is 5.32 Å². The van der Waals surface area contributed by atoms with E-state index in [0.717, 1.165) is 18.9 Å². The maximum Gasteiger partial charge on any atom is 0.125 e. The molecule has 100 valence electrons. The van der Waals surface area contributed by atoms with Crippen LogP contribution in [0.4, 0.5) is 0 Å². The Labute approximate surface area is 114 Å². The summed E-state index contributed by atoms with van der Waals surface area (Å²) in [4.78, 5) is 0. The van der Waals surface area contributed by atoms with Crippen molar-refractivity contribution >= 4 is 11.8 Å². The Morgan fingerprint density at radius 3 is 2.61 bits per heavy atom. The Kier molecular flexibility index (Phi) is 4.95. The van der Waals surface area contributed by atoms with Gasteiger partial charge in [0.1, 0.15) is 12.4 Å². The minimum absolute atomic E-state index is 0.693. The summed E-state index contributed by atoms with van der Waals surface area (Å²) in [5.74, 6) is 3.61. The molecule has 2 rings (SSSR count). The molecule has 1 N–H and O–H groups in total. The van der Waals surface area contributed by atoms with Gasteiger partial charge < -0.3 is 10.1 Å². The highest BCUT2D eigenvalue weighted by Crippen LogP contribution is 2.24. The Balaban J connectivity index is 1.79. The van der Waals surface area contributed by atoms with Crippen LogP contribution in [0.5, 0.6) is 5.75 Å². The minimum Gasteiger partial charge on any atom is -0.492 e. The van der Waals surface area contributed by atoms with Crippen LogP contribution in [-0.4, -0.2) is 30.7 Å². The van der Waals surface area contributed by atoms with Crippen molar-refractivity contribution in [3.63, 3.8) is 0 Å². The van der Waals surface area contributed by atoms with Gasteiger partial charge >= 0.3 is 0 Å². The Morgan fingerprint density at radius 2 is 2.00 bits per heavy atom. The summed E-state index contributed by atoms with van der Waals surface area (Å²) in [6.45, 7) is 8.07. The number of nitrogens with one attached hydrogen (secondary N) is 1. The van der Waals surface area contributed by atoms with E-state index in [9.17, 15) is 0 Å². The van der Waals surface area contributed by atoms with Crippen LogP contribution in [0.25, 0.3) is 0 Å². The van der Waals surface area contributed by atoms with E-state index in [1.54, 1.807) is 0 Å². The number of aryl methyl sites for hydroxylation is 3. The number of rotatable bonds is 5. The molecule has 1 aliphatic rings. The Morgan fingerprint density at radius 1 is 1.28 bits per heavy atom. The highest BCUT2D eigenvalue weighted by atomic mass is 32.2. The molecule has 2 nitrogen and oxygen atoms in total. The first-order valence-electron chi connectivity index (χ1n) is 6.68. The van der Waals surface area contributed by atoms with Crippen LogP contribution in [0.2, 0.25) is 0 Å². The first-order chi connectivity index (χ1) is 8.66. The van der Waals surface area contributed by atoms with Crippen molar-refractivity contribution in [2.24, 2.45) is 0 Å². The maximum atomic E-state index is 5.91. The lowest BCUT2D eigenvalue weighted by atomic mass is 10.1. The van der Waals surface area contributed by atoms with Gasteiger partial charge in [-0.05, 0) is 44.1 Å². The fraction of sp³-hybridized carbons (Fsp3) is 0.600. The van der Waals surface area contributed by atoms with Gasteiger partial charge in [0.05, 0.1) is 0 Å². The molecule has 1 fully saturated rings. The first-order valence-corrected chi connectivity index (χ1v) is 7.84. The van der Waals surface area contributed by atoms with E-state index in [1.165, 1.54) is 34.6 Å². The van der Waals surface area contributed by atoms with Crippen LogP contribution in [0.15, 0.2) is 12.1 Å². The van der Waals surface area contributed by atoms with E-state index in [4.69, 9.17) is 4.74 Å². The summed E-state index contributed by atoms with van der Waals surface area (Å²) in [5, 5.41) is 3.56. The standard InChI is InChI=1S/C15H23NOS/c1-11-8-12(2)15(13(3)9-11)17-6-5-16-14-4-7-18-10-14/h8-9,14,16H,4-7,10H2,1-3H3/t14-/m1/s1. The van der Waals surface area contributed by atoms with Crippen LogP contribution in [0.3, 0.4) is 0 Å². The van der Waals surface area contributed by atoms with E-state index >= 15 is 0 Å². The lowest BCUT2D eigenvalue weighted by molar-refractivity contribution is 0.303. The first kappa shape index (κ1) is 13.8. The zero-order valence-electron chi connectivity index (χ0n) is 11.6. The zero-order chi connectivity index (χ0) is 13.0. The summed E-state index contributed by atoms with van der Waals surface area (Å²) in [5.41, 5.74) is 3.78. The predicted octanol–water partition coefficient (Wildman–Crippen LogP) is 3.09. The predicted molar refractivity (Wildman–Crippen MR) is 79.9 cm³/mol. The smallest absolute Gasteiger partial charge is 0.125 e. The number of thioether (sulfide) groups is 1. The zero-order valence-corrected chi connectivity index (χ0v) is 12.4. The van der Waals surface area contributed by atoms with Gasteiger partial charge in [-0.15, -0.1) is 0 Å². The molecule has 18 heavy (non-hydrogen) atoms. The normalized spacial score (nSPS) is 19.2. The monoisotopic (exact) mass is 265 g/mol. The highest BCUT2D eigenvalue weighted by Gasteiger charge is 2.14. The molecule has 1 aliphatic heterocycles.